The summed E-state index contributed by atoms with van der Waals surface area (Å²) in [4.78, 5) is 0. The van der Waals surface area contributed by atoms with Crippen LogP contribution in [0, 0.1) is 0 Å². The molecular weight excluding hydrogens is 218 g/mol. The Morgan fingerprint density at radius 3 is 3.12 bits per heavy atom. The predicted molar refractivity (Wildman–Crippen MR) is 65.7 cm³/mol. The second-order valence-electron chi connectivity index (χ2n) is 4.03. The summed E-state index contributed by atoms with van der Waals surface area (Å²) in [6.45, 7) is 0. The number of rotatable bonds is 2. The fourth-order valence-electron chi connectivity index (χ4n) is 2.29. The Bertz CT molecular complexity index is 467. The van der Waals surface area contributed by atoms with E-state index in [4.69, 9.17) is 0 Å². The molecule has 3 rings (SSSR count). The van der Waals surface area contributed by atoms with Gasteiger partial charge in [0.25, 0.3) is 0 Å². The van der Waals surface area contributed by atoms with Crippen molar-refractivity contribution < 1.29 is 0 Å². The SMILES string of the molecule is c1ccc2c(c1)CCCC2Nc1nncs1. The van der Waals surface area contributed by atoms with Gasteiger partial charge in [0.2, 0.25) is 5.13 Å². The molecule has 1 aromatic carbocycles. The Hall–Kier alpha value is -1.42. The summed E-state index contributed by atoms with van der Waals surface area (Å²) in [6, 6.07) is 9.07. The molecule has 1 N–H and O–H groups in total. The quantitative estimate of drug-likeness (QED) is 0.863. The van der Waals surface area contributed by atoms with E-state index in [1.165, 1.54) is 30.4 Å². The topological polar surface area (TPSA) is 37.8 Å². The lowest BCUT2D eigenvalue weighted by molar-refractivity contribution is 0.599. The molecule has 0 saturated heterocycles. The molecule has 0 saturated carbocycles. The Kier molecular flexibility index (Phi) is 2.58. The molecular formula is C12H13N3S. The van der Waals surface area contributed by atoms with E-state index in [9.17, 15) is 0 Å². The van der Waals surface area contributed by atoms with Crippen molar-refractivity contribution in [2.45, 2.75) is 25.3 Å². The molecule has 1 heterocycles. The van der Waals surface area contributed by atoms with Crippen molar-refractivity contribution in [3.8, 4) is 0 Å². The fraction of sp³-hybridized carbons (Fsp3) is 0.333. The minimum atomic E-state index is 0.401. The molecule has 0 spiro atoms. The summed E-state index contributed by atoms with van der Waals surface area (Å²) < 4.78 is 0. The number of aryl methyl sites for hydroxylation is 1. The molecule has 4 heteroatoms. The van der Waals surface area contributed by atoms with Crippen molar-refractivity contribution in [1.82, 2.24) is 10.2 Å². The number of fused-ring (bicyclic) bond motifs is 1. The van der Waals surface area contributed by atoms with Crippen LogP contribution >= 0.6 is 11.3 Å². The van der Waals surface area contributed by atoms with Gasteiger partial charge in [-0.05, 0) is 30.4 Å². The van der Waals surface area contributed by atoms with Crippen LogP contribution in [0.4, 0.5) is 5.13 Å². The van der Waals surface area contributed by atoms with E-state index in [0.717, 1.165) is 5.13 Å². The first-order valence-corrected chi connectivity index (χ1v) is 6.42. The standard InChI is InChI=1S/C12H13N3S/c1-2-6-10-9(4-1)5-3-7-11(10)14-12-15-13-8-16-12/h1-2,4,6,8,11H,3,5,7H2,(H,14,15). The first kappa shape index (κ1) is 9.78. The summed E-state index contributed by atoms with van der Waals surface area (Å²) >= 11 is 1.56. The average molecular weight is 231 g/mol. The highest BCUT2D eigenvalue weighted by Crippen LogP contribution is 2.32. The highest BCUT2D eigenvalue weighted by Gasteiger charge is 2.19. The van der Waals surface area contributed by atoms with Crippen molar-refractivity contribution in [2.24, 2.45) is 0 Å². The number of hydrogen-bond donors (Lipinski definition) is 1. The van der Waals surface area contributed by atoms with Gasteiger partial charge in [0.1, 0.15) is 5.51 Å². The highest BCUT2D eigenvalue weighted by atomic mass is 32.1. The zero-order valence-electron chi connectivity index (χ0n) is 8.89. The molecule has 1 aliphatic carbocycles. The molecule has 2 aromatic rings. The smallest absolute Gasteiger partial charge is 0.205 e. The number of nitrogens with one attached hydrogen (secondary N) is 1. The lowest BCUT2D eigenvalue weighted by atomic mass is 9.88. The van der Waals surface area contributed by atoms with Crippen LogP contribution < -0.4 is 5.32 Å². The number of anilines is 1. The molecule has 3 nitrogen and oxygen atoms in total. The van der Waals surface area contributed by atoms with Gasteiger partial charge in [0.15, 0.2) is 0 Å². The third kappa shape index (κ3) is 1.80. The Labute approximate surface area is 98.5 Å². The normalized spacial score (nSPS) is 19.1. The summed E-state index contributed by atoms with van der Waals surface area (Å²) in [5.74, 6) is 0. The molecule has 82 valence electrons. The van der Waals surface area contributed by atoms with Gasteiger partial charge in [-0.15, -0.1) is 10.2 Å². The molecule has 1 atom stereocenters. The maximum Gasteiger partial charge on any atom is 0.205 e. The molecule has 0 fully saturated rings. The van der Waals surface area contributed by atoms with Crippen LogP contribution in [-0.2, 0) is 6.42 Å². The molecule has 1 unspecified atom stereocenters. The summed E-state index contributed by atoms with van der Waals surface area (Å²) in [6.07, 6.45) is 3.62. The fourth-order valence-corrected chi connectivity index (χ4v) is 2.79. The molecule has 0 amide bonds. The summed E-state index contributed by atoms with van der Waals surface area (Å²) in [5, 5.41) is 12.3. The van der Waals surface area contributed by atoms with Gasteiger partial charge in [0, 0.05) is 0 Å². The van der Waals surface area contributed by atoms with Crippen molar-refractivity contribution in [1.29, 1.82) is 0 Å². The summed E-state index contributed by atoms with van der Waals surface area (Å²) in [5.41, 5.74) is 4.65. The Morgan fingerprint density at radius 1 is 1.31 bits per heavy atom. The van der Waals surface area contributed by atoms with Gasteiger partial charge >= 0.3 is 0 Å². The number of hydrogen-bond acceptors (Lipinski definition) is 4. The minimum absolute atomic E-state index is 0.401. The van der Waals surface area contributed by atoms with Gasteiger partial charge in [-0.2, -0.15) is 0 Å². The first-order valence-electron chi connectivity index (χ1n) is 5.54. The maximum absolute atomic E-state index is 4.04. The maximum atomic E-state index is 4.04. The van der Waals surface area contributed by atoms with Gasteiger partial charge < -0.3 is 5.32 Å². The zero-order valence-corrected chi connectivity index (χ0v) is 9.70. The second-order valence-corrected chi connectivity index (χ2v) is 4.87. The number of aromatic nitrogens is 2. The van der Waals surface area contributed by atoms with Crippen LogP contribution in [0.15, 0.2) is 29.8 Å². The van der Waals surface area contributed by atoms with Crippen LogP contribution in [0.1, 0.15) is 30.0 Å². The van der Waals surface area contributed by atoms with E-state index in [1.54, 1.807) is 16.8 Å². The van der Waals surface area contributed by atoms with Crippen LogP contribution in [0.3, 0.4) is 0 Å². The number of benzene rings is 1. The Balaban J connectivity index is 1.87. The van der Waals surface area contributed by atoms with Crippen molar-refractivity contribution >= 4 is 16.5 Å². The molecule has 0 aliphatic heterocycles. The molecule has 0 radical (unpaired) electrons. The lowest BCUT2D eigenvalue weighted by Gasteiger charge is -2.25. The average Bonchev–Trinajstić information content (AvgIpc) is 2.82. The van der Waals surface area contributed by atoms with E-state index in [2.05, 4.69) is 39.8 Å². The minimum Gasteiger partial charge on any atom is -0.353 e. The molecule has 16 heavy (non-hydrogen) atoms. The van der Waals surface area contributed by atoms with Crippen LogP contribution in [0.2, 0.25) is 0 Å². The van der Waals surface area contributed by atoms with E-state index in [-0.39, 0.29) is 0 Å². The van der Waals surface area contributed by atoms with E-state index < -0.39 is 0 Å². The van der Waals surface area contributed by atoms with Gasteiger partial charge in [0.05, 0.1) is 6.04 Å². The Morgan fingerprint density at radius 2 is 2.25 bits per heavy atom. The zero-order chi connectivity index (χ0) is 10.8. The van der Waals surface area contributed by atoms with Crippen molar-refractivity contribution in [2.75, 3.05) is 5.32 Å². The van der Waals surface area contributed by atoms with E-state index >= 15 is 0 Å². The van der Waals surface area contributed by atoms with Gasteiger partial charge in [-0.1, -0.05) is 35.6 Å². The monoisotopic (exact) mass is 231 g/mol. The van der Waals surface area contributed by atoms with Crippen LogP contribution in [0.5, 0.6) is 0 Å². The predicted octanol–water partition coefficient (Wildman–Crippen LogP) is 3.03. The van der Waals surface area contributed by atoms with E-state index in [0.29, 0.717) is 6.04 Å². The number of nitrogens with zero attached hydrogens (tertiary/aromatic N) is 2. The molecule has 0 bridgehead atoms. The molecule has 1 aromatic heterocycles. The molecule has 1 aliphatic rings. The third-order valence-corrected chi connectivity index (χ3v) is 3.65. The first-order chi connectivity index (χ1) is 7.93. The van der Waals surface area contributed by atoms with Crippen molar-refractivity contribution in [3.63, 3.8) is 0 Å². The van der Waals surface area contributed by atoms with Gasteiger partial charge in [-0.3, -0.25) is 0 Å². The lowest BCUT2D eigenvalue weighted by Crippen LogP contribution is -2.17. The second kappa shape index (κ2) is 4.22. The van der Waals surface area contributed by atoms with Gasteiger partial charge in [-0.25, -0.2) is 0 Å². The summed E-state index contributed by atoms with van der Waals surface area (Å²) in [7, 11) is 0. The highest BCUT2D eigenvalue weighted by molar-refractivity contribution is 7.13. The third-order valence-electron chi connectivity index (χ3n) is 3.03. The van der Waals surface area contributed by atoms with Crippen LogP contribution in [0.25, 0.3) is 0 Å². The van der Waals surface area contributed by atoms with Crippen LogP contribution in [-0.4, -0.2) is 10.2 Å². The van der Waals surface area contributed by atoms with E-state index in [1.807, 2.05) is 0 Å². The van der Waals surface area contributed by atoms with Crippen molar-refractivity contribution in [3.05, 3.63) is 40.9 Å². The largest absolute Gasteiger partial charge is 0.353 e.